The van der Waals surface area contributed by atoms with Gasteiger partial charge in [0.15, 0.2) is 5.78 Å². The maximum atomic E-state index is 11.7. The summed E-state index contributed by atoms with van der Waals surface area (Å²) in [4.78, 5) is 12.5. The lowest BCUT2D eigenvalue weighted by Crippen LogP contribution is -2.11. The first-order valence-electron chi connectivity index (χ1n) is 4.53. The third kappa shape index (κ3) is 2.41. The van der Waals surface area contributed by atoms with Gasteiger partial charge < -0.3 is 9.98 Å². The molecule has 0 aromatic carbocycles. The number of ketones is 1. The minimum Gasteiger partial charge on any atom is -0.346 e. The van der Waals surface area contributed by atoms with Crippen LogP contribution in [0.2, 0.25) is 0 Å². The summed E-state index contributed by atoms with van der Waals surface area (Å²) in [6, 6.07) is 7.03. The lowest BCUT2D eigenvalue weighted by molar-refractivity contribution is 0.0976. The van der Waals surface area contributed by atoms with Crippen LogP contribution in [0.4, 0.5) is 0 Å². The number of rotatable bonds is 3. The van der Waals surface area contributed by atoms with Gasteiger partial charge in [0.25, 0.3) is 0 Å². The summed E-state index contributed by atoms with van der Waals surface area (Å²) in [7, 11) is 0. The van der Waals surface area contributed by atoms with Crippen LogP contribution in [0.25, 0.3) is 0 Å². The zero-order valence-electron chi connectivity index (χ0n) is 8.01. The maximum absolute atomic E-state index is 11.7. The zero-order chi connectivity index (χ0) is 10.7. The third-order valence-corrected chi connectivity index (χ3v) is 2.92. The fraction of sp³-hybridized carbons (Fsp3) is 0.0909. The van der Waals surface area contributed by atoms with E-state index in [0.29, 0.717) is 11.9 Å². The minimum absolute atomic E-state index is 0.104. The van der Waals surface area contributed by atoms with Crippen molar-refractivity contribution in [2.24, 2.45) is 0 Å². The summed E-state index contributed by atoms with van der Waals surface area (Å²) in [6.07, 6.45) is 3.49. The maximum Gasteiger partial charge on any atom is 0.192 e. The SMILES string of the molecule is N=c1ccn(CC(=O)c2cccs2)cc1. The highest BCUT2D eigenvalue weighted by molar-refractivity contribution is 7.12. The van der Waals surface area contributed by atoms with Crippen LogP contribution in [-0.4, -0.2) is 10.4 Å². The van der Waals surface area contributed by atoms with Crippen molar-refractivity contribution in [1.82, 2.24) is 4.57 Å². The first-order chi connectivity index (χ1) is 7.25. The Bertz CT molecular complexity index is 493. The van der Waals surface area contributed by atoms with Crippen molar-refractivity contribution in [3.8, 4) is 0 Å². The number of Topliss-reactive ketones (excluding diaryl/α,β-unsaturated/α-hetero) is 1. The quantitative estimate of drug-likeness (QED) is 0.786. The molecule has 0 fully saturated rings. The van der Waals surface area contributed by atoms with Gasteiger partial charge >= 0.3 is 0 Å². The number of hydrogen-bond acceptors (Lipinski definition) is 3. The molecule has 2 heterocycles. The van der Waals surface area contributed by atoms with Crippen LogP contribution in [0, 0.1) is 5.41 Å². The normalized spacial score (nSPS) is 10.1. The Morgan fingerprint density at radius 1 is 1.33 bits per heavy atom. The predicted molar refractivity (Wildman–Crippen MR) is 58.9 cm³/mol. The van der Waals surface area contributed by atoms with E-state index in [9.17, 15) is 4.79 Å². The van der Waals surface area contributed by atoms with E-state index in [-0.39, 0.29) is 5.78 Å². The molecule has 0 aliphatic heterocycles. The molecule has 76 valence electrons. The zero-order valence-corrected chi connectivity index (χ0v) is 8.83. The Morgan fingerprint density at radius 2 is 2.07 bits per heavy atom. The molecule has 0 radical (unpaired) electrons. The summed E-state index contributed by atoms with van der Waals surface area (Å²) >= 11 is 1.45. The molecule has 0 aliphatic rings. The highest BCUT2D eigenvalue weighted by Gasteiger charge is 2.05. The number of pyridine rings is 1. The van der Waals surface area contributed by atoms with Crippen molar-refractivity contribution in [2.45, 2.75) is 6.54 Å². The summed E-state index contributed by atoms with van der Waals surface area (Å²) < 4.78 is 1.78. The molecule has 15 heavy (non-hydrogen) atoms. The van der Waals surface area contributed by atoms with Crippen molar-refractivity contribution in [1.29, 1.82) is 5.41 Å². The molecule has 0 saturated carbocycles. The average molecular weight is 218 g/mol. The van der Waals surface area contributed by atoms with Gasteiger partial charge in [0.1, 0.15) is 0 Å². The molecule has 0 unspecified atom stereocenters. The van der Waals surface area contributed by atoms with Gasteiger partial charge in [-0.15, -0.1) is 11.3 Å². The van der Waals surface area contributed by atoms with Gasteiger partial charge in [-0.05, 0) is 23.6 Å². The van der Waals surface area contributed by atoms with Gasteiger partial charge in [-0.2, -0.15) is 0 Å². The Hall–Kier alpha value is -1.68. The Morgan fingerprint density at radius 3 is 2.67 bits per heavy atom. The molecule has 0 atom stereocenters. The molecule has 0 amide bonds. The van der Waals surface area contributed by atoms with Crippen LogP contribution in [0.15, 0.2) is 42.0 Å². The second-order valence-corrected chi connectivity index (χ2v) is 4.11. The molecule has 1 N–H and O–H groups in total. The van der Waals surface area contributed by atoms with Gasteiger partial charge in [0.05, 0.1) is 16.8 Å². The number of carbonyl (C=O) groups is 1. The Balaban J connectivity index is 2.13. The Kier molecular flexibility index (Phi) is 2.78. The van der Waals surface area contributed by atoms with Crippen LogP contribution in [0.5, 0.6) is 0 Å². The number of carbonyl (C=O) groups excluding carboxylic acids is 1. The molecular formula is C11H10N2OS. The smallest absolute Gasteiger partial charge is 0.192 e. The molecule has 2 aromatic heterocycles. The van der Waals surface area contributed by atoms with E-state index in [1.54, 1.807) is 29.1 Å². The predicted octanol–water partition coefficient (Wildman–Crippen LogP) is 1.91. The van der Waals surface area contributed by atoms with E-state index in [2.05, 4.69) is 0 Å². The highest BCUT2D eigenvalue weighted by Crippen LogP contribution is 2.09. The fourth-order valence-electron chi connectivity index (χ4n) is 1.24. The van der Waals surface area contributed by atoms with Crippen LogP contribution in [-0.2, 0) is 6.54 Å². The number of nitrogens with one attached hydrogen (secondary N) is 1. The first kappa shape index (κ1) is 9.86. The third-order valence-electron chi connectivity index (χ3n) is 2.01. The summed E-state index contributed by atoms with van der Waals surface area (Å²) in [5, 5.41) is 9.66. The summed E-state index contributed by atoms with van der Waals surface area (Å²) in [6.45, 7) is 0.334. The molecule has 0 aliphatic carbocycles. The molecule has 0 saturated heterocycles. The van der Waals surface area contributed by atoms with Gasteiger partial charge in [-0.25, -0.2) is 0 Å². The second-order valence-electron chi connectivity index (χ2n) is 3.16. The van der Waals surface area contributed by atoms with E-state index in [1.807, 2.05) is 17.5 Å². The van der Waals surface area contributed by atoms with Gasteiger partial charge in [-0.1, -0.05) is 6.07 Å². The summed E-state index contributed by atoms with van der Waals surface area (Å²) in [5.74, 6) is 0.104. The Labute approximate surface area is 91.1 Å². The van der Waals surface area contributed by atoms with E-state index in [0.717, 1.165) is 4.88 Å². The molecule has 0 bridgehead atoms. The van der Waals surface area contributed by atoms with Gasteiger partial charge in [0, 0.05) is 12.4 Å². The topological polar surface area (TPSA) is 45.9 Å². The van der Waals surface area contributed by atoms with Crippen LogP contribution < -0.4 is 5.36 Å². The van der Waals surface area contributed by atoms with E-state index in [4.69, 9.17) is 5.41 Å². The number of aromatic nitrogens is 1. The van der Waals surface area contributed by atoms with E-state index >= 15 is 0 Å². The average Bonchev–Trinajstić information content (AvgIpc) is 2.74. The molecule has 0 spiro atoms. The molecule has 2 aromatic rings. The molecule has 2 rings (SSSR count). The van der Waals surface area contributed by atoms with Gasteiger partial charge in [0.2, 0.25) is 0 Å². The highest BCUT2D eigenvalue weighted by atomic mass is 32.1. The van der Waals surface area contributed by atoms with Crippen LogP contribution in [0.1, 0.15) is 9.67 Å². The summed E-state index contributed by atoms with van der Waals surface area (Å²) in [5.41, 5.74) is 0. The van der Waals surface area contributed by atoms with Crippen molar-refractivity contribution >= 4 is 17.1 Å². The lowest BCUT2D eigenvalue weighted by Gasteiger charge is -2.03. The van der Waals surface area contributed by atoms with Crippen molar-refractivity contribution < 1.29 is 4.79 Å². The van der Waals surface area contributed by atoms with E-state index in [1.165, 1.54) is 11.3 Å². The lowest BCUT2D eigenvalue weighted by atomic mass is 10.3. The molecular weight excluding hydrogens is 208 g/mol. The van der Waals surface area contributed by atoms with Crippen LogP contribution in [0.3, 0.4) is 0 Å². The fourth-order valence-corrected chi connectivity index (χ4v) is 1.90. The molecule has 3 nitrogen and oxygen atoms in total. The second kappa shape index (κ2) is 4.23. The minimum atomic E-state index is 0.104. The van der Waals surface area contributed by atoms with E-state index < -0.39 is 0 Å². The largest absolute Gasteiger partial charge is 0.346 e. The van der Waals surface area contributed by atoms with Crippen LogP contribution >= 0.6 is 11.3 Å². The molecule has 4 heteroatoms. The number of nitrogens with zero attached hydrogens (tertiary/aromatic N) is 1. The van der Waals surface area contributed by atoms with Crippen molar-refractivity contribution in [3.63, 3.8) is 0 Å². The van der Waals surface area contributed by atoms with Crippen molar-refractivity contribution in [2.75, 3.05) is 0 Å². The monoisotopic (exact) mass is 218 g/mol. The van der Waals surface area contributed by atoms with Crippen molar-refractivity contribution in [3.05, 3.63) is 52.3 Å². The standard InChI is InChI=1S/C11H10N2OS/c12-9-3-5-13(6-4-9)8-10(14)11-2-1-7-15-11/h1-7,12H,8H2. The first-order valence-corrected chi connectivity index (χ1v) is 5.41. The van der Waals surface area contributed by atoms with Gasteiger partial charge in [-0.3, -0.25) is 4.79 Å². The number of thiophene rings is 1. The number of hydrogen-bond donors (Lipinski definition) is 1.